The first kappa shape index (κ1) is 18.8. The van der Waals surface area contributed by atoms with Crippen molar-refractivity contribution in [1.82, 2.24) is 15.5 Å². The van der Waals surface area contributed by atoms with Crippen LogP contribution in [0.25, 0.3) is 0 Å². The number of carbonyl (C=O) groups excluding carboxylic acids is 2. The van der Waals surface area contributed by atoms with Crippen molar-refractivity contribution in [3.63, 3.8) is 0 Å². The lowest BCUT2D eigenvalue weighted by Gasteiger charge is -2.16. The summed E-state index contributed by atoms with van der Waals surface area (Å²) in [5, 5.41) is 4.80. The normalized spacial score (nSPS) is 28.0. The van der Waals surface area contributed by atoms with Gasteiger partial charge in [0.1, 0.15) is 0 Å². The van der Waals surface area contributed by atoms with Gasteiger partial charge in [-0.1, -0.05) is 30.3 Å². The number of imide groups is 1. The number of nitrogens with zero attached hydrogens (tertiary/aromatic N) is 1. The minimum Gasteiger partial charge on any atom is -0.334 e. The Morgan fingerprint density at radius 3 is 2.58 bits per heavy atom. The van der Waals surface area contributed by atoms with Crippen LogP contribution in [0.3, 0.4) is 0 Å². The van der Waals surface area contributed by atoms with E-state index in [1.807, 2.05) is 35.2 Å². The van der Waals surface area contributed by atoms with Gasteiger partial charge in [-0.15, -0.1) is 0 Å². The molecule has 0 aliphatic carbocycles. The van der Waals surface area contributed by atoms with Crippen molar-refractivity contribution < 1.29 is 18.0 Å². The zero-order valence-electron chi connectivity index (χ0n) is 14.4. The van der Waals surface area contributed by atoms with E-state index >= 15 is 0 Å². The maximum atomic E-state index is 12.1. The van der Waals surface area contributed by atoms with Gasteiger partial charge < -0.3 is 11.1 Å². The van der Waals surface area contributed by atoms with Crippen LogP contribution in [0.5, 0.6) is 0 Å². The molecular formula is C17H24N4O4S. The topological polar surface area (TPSA) is 122 Å². The second-order valence-corrected chi connectivity index (χ2v) is 9.23. The van der Waals surface area contributed by atoms with Crippen molar-refractivity contribution in [2.75, 3.05) is 31.1 Å². The number of nitrogens with two attached hydrogens (primary N) is 1. The van der Waals surface area contributed by atoms with E-state index < -0.39 is 27.8 Å². The van der Waals surface area contributed by atoms with E-state index in [1.54, 1.807) is 0 Å². The van der Waals surface area contributed by atoms with Crippen molar-refractivity contribution in [3.8, 4) is 0 Å². The summed E-state index contributed by atoms with van der Waals surface area (Å²) in [6.45, 7) is 1.31. The SMILES string of the molecule is N[C@@H]1CN(CC(=O)NC(=O)NC2CCS(=O)(=O)C2)C[C@H]1c1ccccc1. The monoisotopic (exact) mass is 380 g/mol. The highest BCUT2D eigenvalue weighted by atomic mass is 32.2. The van der Waals surface area contributed by atoms with E-state index in [2.05, 4.69) is 10.6 Å². The highest BCUT2D eigenvalue weighted by molar-refractivity contribution is 7.91. The molecule has 4 N–H and O–H groups in total. The molecule has 0 aromatic heterocycles. The fourth-order valence-electron chi connectivity index (χ4n) is 3.59. The van der Waals surface area contributed by atoms with Gasteiger partial charge in [-0.25, -0.2) is 13.2 Å². The van der Waals surface area contributed by atoms with Gasteiger partial charge in [0, 0.05) is 31.1 Å². The molecule has 2 fully saturated rings. The predicted octanol–water partition coefficient (Wildman–Crippen LogP) is -0.574. The van der Waals surface area contributed by atoms with Crippen LogP contribution in [-0.2, 0) is 14.6 Å². The zero-order valence-corrected chi connectivity index (χ0v) is 15.2. The lowest BCUT2D eigenvalue weighted by atomic mass is 9.95. The summed E-state index contributed by atoms with van der Waals surface area (Å²) < 4.78 is 22.8. The molecule has 2 heterocycles. The summed E-state index contributed by atoms with van der Waals surface area (Å²) in [6.07, 6.45) is 0.379. The molecule has 142 valence electrons. The number of hydrogen-bond donors (Lipinski definition) is 3. The molecule has 3 atom stereocenters. The van der Waals surface area contributed by atoms with Gasteiger partial charge in [0.15, 0.2) is 9.84 Å². The fourth-order valence-corrected chi connectivity index (χ4v) is 5.27. The molecule has 1 aromatic carbocycles. The third-order valence-corrected chi connectivity index (χ3v) is 6.62. The number of likely N-dealkylation sites (tertiary alicyclic amines) is 1. The average Bonchev–Trinajstić information content (AvgIpc) is 3.09. The van der Waals surface area contributed by atoms with Gasteiger partial charge in [-0.05, 0) is 12.0 Å². The zero-order chi connectivity index (χ0) is 18.7. The molecule has 26 heavy (non-hydrogen) atoms. The third kappa shape index (κ3) is 4.80. The van der Waals surface area contributed by atoms with Crippen molar-refractivity contribution in [3.05, 3.63) is 35.9 Å². The molecular weight excluding hydrogens is 356 g/mol. The molecule has 0 bridgehead atoms. The van der Waals surface area contributed by atoms with Crippen molar-refractivity contribution >= 4 is 21.8 Å². The third-order valence-electron chi connectivity index (χ3n) is 4.86. The number of nitrogens with one attached hydrogen (secondary N) is 2. The average molecular weight is 380 g/mol. The van der Waals surface area contributed by atoms with Crippen LogP contribution in [0.4, 0.5) is 4.79 Å². The van der Waals surface area contributed by atoms with E-state index in [-0.39, 0.29) is 30.0 Å². The number of benzene rings is 1. The number of sulfone groups is 1. The van der Waals surface area contributed by atoms with Crippen LogP contribution in [0.1, 0.15) is 17.9 Å². The van der Waals surface area contributed by atoms with Gasteiger partial charge in [0.25, 0.3) is 0 Å². The van der Waals surface area contributed by atoms with Gasteiger partial charge in [-0.3, -0.25) is 15.0 Å². The van der Waals surface area contributed by atoms with Gasteiger partial charge in [0.2, 0.25) is 5.91 Å². The first-order valence-corrected chi connectivity index (χ1v) is 10.5. The maximum absolute atomic E-state index is 12.1. The minimum atomic E-state index is -3.08. The van der Waals surface area contributed by atoms with E-state index in [0.29, 0.717) is 19.5 Å². The summed E-state index contributed by atoms with van der Waals surface area (Å²) in [7, 11) is -3.08. The minimum absolute atomic E-state index is 0.0669. The number of carbonyl (C=O) groups is 2. The molecule has 2 saturated heterocycles. The van der Waals surface area contributed by atoms with Gasteiger partial charge in [0.05, 0.1) is 18.1 Å². The summed E-state index contributed by atoms with van der Waals surface area (Å²) in [4.78, 5) is 25.9. The van der Waals surface area contributed by atoms with Crippen molar-refractivity contribution in [2.24, 2.45) is 5.73 Å². The van der Waals surface area contributed by atoms with Crippen LogP contribution < -0.4 is 16.4 Å². The largest absolute Gasteiger partial charge is 0.334 e. The standard InChI is InChI=1S/C17H24N4O4S/c18-15-9-21(8-14(15)12-4-2-1-3-5-12)10-16(22)20-17(23)19-13-6-7-26(24,25)11-13/h1-5,13-15H,6-11,18H2,(H2,19,20,22,23)/t13?,14-,15+/m0/s1. The Labute approximate surface area is 153 Å². The van der Waals surface area contributed by atoms with Gasteiger partial charge in [-0.2, -0.15) is 0 Å². The number of amides is 3. The Kier molecular flexibility index (Phi) is 5.59. The maximum Gasteiger partial charge on any atom is 0.321 e. The number of urea groups is 1. The summed E-state index contributed by atoms with van der Waals surface area (Å²) >= 11 is 0. The van der Waals surface area contributed by atoms with Crippen molar-refractivity contribution in [1.29, 1.82) is 0 Å². The summed E-state index contributed by atoms with van der Waals surface area (Å²) in [5.41, 5.74) is 7.34. The second-order valence-electron chi connectivity index (χ2n) is 7.00. The molecule has 1 unspecified atom stereocenters. The predicted molar refractivity (Wildman–Crippen MR) is 97.3 cm³/mol. The van der Waals surface area contributed by atoms with Crippen LogP contribution in [0.15, 0.2) is 30.3 Å². The summed E-state index contributed by atoms with van der Waals surface area (Å²) in [5.74, 6) is -0.280. The Balaban J connectivity index is 1.46. The molecule has 2 aliphatic rings. The van der Waals surface area contributed by atoms with Crippen LogP contribution >= 0.6 is 0 Å². The molecule has 0 saturated carbocycles. The molecule has 8 nitrogen and oxygen atoms in total. The first-order chi connectivity index (χ1) is 12.3. The lowest BCUT2D eigenvalue weighted by molar-refractivity contribution is -0.120. The number of rotatable bonds is 4. The van der Waals surface area contributed by atoms with E-state index in [0.717, 1.165) is 5.56 Å². The van der Waals surface area contributed by atoms with Crippen LogP contribution in [0, 0.1) is 0 Å². The molecule has 0 spiro atoms. The Morgan fingerprint density at radius 2 is 1.92 bits per heavy atom. The molecule has 1 aromatic rings. The molecule has 2 aliphatic heterocycles. The highest BCUT2D eigenvalue weighted by Crippen LogP contribution is 2.25. The lowest BCUT2D eigenvalue weighted by Crippen LogP contribution is -2.47. The second kappa shape index (κ2) is 7.73. The van der Waals surface area contributed by atoms with E-state index in [4.69, 9.17) is 5.73 Å². The molecule has 3 amide bonds. The van der Waals surface area contributed by atoms with Crippen LogP contribution in [0.2, 0.25) is 0 Å². The first-order valence-electron chi connectivity index (χ1n) is 8.66. The smallest absolute Gasteiger partial charge is 0.321 e. The molecule has 3 rings (SSSR count). The highest BCUT2D eigenvalue weighted by Gasteiger charge is 2.33. The Morgan fingerprint density at radius 1 is 1.19 bits per heavy atom. The Hall–Kier alpha value is -1.97. The number of hydrogen-bond acceptors (Lipinski definition) is 6. The fraction of sp³-hybridized carbons (Fsp3) is 0.529. The van der Waals surface area contributed by atoms with E-state index in [1.165, 1.54) is 0 Å². The van der Waals surface area contributed by atoms with Crippen molar-refractivity contribution in [2.45, 2.75) is 24.4 Å². The molecule has 9 heteroatoms. The van der Waals surface area contributed by atoms with E-state index in [9.17, 15) is 18.0 Å². The summed E-state index contributed by atoms with van der Waals surface area (Å²) in [6, 6.07) is 8.77. The Bertz CT molecular complexity index is 768. The molecule has 0 radical (unpaired) electrons. The quantitative estimate of drug-likeness (QED) is 0.643. The van der Waals surface area contributed by atoms with Crippen LogP contribution in [-0.4, -0.2) is 68.5 Å². The van der Waals surface area contributed by atoms with Gasteiger partial charge >= 0.3 is 6.03 Å².